The van der Waals surface area contributed by atoms with Gasteiger partial charge in [-0.2, -0.15) is 0 Å². The van der Waals surface area contributed by atoms with Crippen LogP contribution in [0.2, 0.25) is 0 Å². The standard InChI is InChI=1S/C17H17N3O4.Li/c1-9-7-12-15(19(3)16(9)23)11-5-4-6-18-14(11)10(2)17(24)20(12)8-13(21)22;/h4-7,10H,8H2,1-3H3,(H,21,22);/q;+1/p-1. The number of fused-ring (bicyclic) bond motifs is 3. The average Bonchev–Trinajstić information content (AvgIpc) is 2.63. The third kappa shape index (κ3) is 3.01. The van der Waals surface area contributed by atoms with Crippen molar-refractivity contribution in [3.8, 4) is 11.3 Å². The van der Waals surface area contributed by atoms with Gasteiger partial charge in [-0.05, 0) is 32.0 Å². The summed E-state index contributed by atoms with van der Waals surface area (Å²) in [5, 5.41) is 11.2. The molecular formula is C17H16LiN3O4. The van der Waals surface area contributed by atoms with E-state index in [0.29, 0.717) is 28.2 Å². The van der Waals surface area contributed by atoms with E-state index in [-0.39, 0.29) is 24.4 Å². The largest absolute Gasteiger partial charge is 1.00 e. The van der Waals surface area contributed by atoms with Crippen LogP contribution in [0.4, 0.5) is 5.69 Å². The Balaban J connectivity index is 0.00000225. The third-order valence-electron chi connectivity index (χ3n) is 4.29. The number of aryl methyl sites for hydroxylation is 1. The molecule has 0 radical (unpaired) electrons. The summed E-state index contributed by atoms with van der Waals surface area (Å²) in [7, 11) is 1.60. The molecule has 0 saturated heterocycles. The van der Waals surface area contributed by atoms with Gasteiger partial charge in [0.25, 0.3) is 5.56 Å². The summed E-state index contributed by atoms with van der Waals surface area (Å²) in [5.41, 5.74) is 2.23. The fraction of sp³-hybridized carbons (Fsp3) is 0.294. The topological polar surface area (TPSA) is 95.3 Å². The summed E-state index contributed by atoms with van der Waals surface area (Å²) in [4.78, 5) is 41.8. The van der Waals surface area contributed by atoms with Gasteiger partial charge < -0.3 is 19.4 Å². The van der Waals surface area contributed by atoms with Gasteiger partial charge in [-0.1, -0.05) is 0 Å². The maximum atomic E-state index is 12.8. The Bertz CT molecular complexity index is 923. The zero-order chi connectivity index (χ0) is 17.6. The Kier molecular flexibility index (Phi) is 5.21. The van der Waals surface area contributed by atoms with Gasteiger partial charge in [0.05, 0.1) is 35.5 Å². The van der Waals surface area contributed by atoms with E-state index >= 15 is 0 Å². The molecule has 8 heteroatoms. The van der Waals surface area contributed by atoms with E-state index in [1.54, 1.807) is 45.3 Å². The number of carbonyl (C=O) groups is 2. The second kappa shape index (κ2) is 6.87. The van der Waals surface area contributed by atoms with Crippen LogP contribution < -0.4 is 34.4 Å². The molecule has 1 aliphatic heterocycles. The van der Waals surface area contributed by atoms with Crippen molar-refractivity contribution in [3.05, 3.63) is 46.0 Å². The van der Waals surface area contributed by atoms with Gasteiger partial charge in [0.2, 0.25) is 5.91 Å². The van der Waals surface area contributed by atoms with E-state index in [2.05, 4.69) is 4.98 Å². The van der Waals surface area contributed by atoms with Gasteiger partial charge in [0.1, 0.15) is 0 Å². The Labute approximate surface area is 156 Å². The Morgan fingerprint density at radius 3 is 2.68 bits per heavy atom. The van der Waals surface area contributed by atoms with Crippen molar-refractivity contribution >= 4 is 17.6 Å². The molecule has 1 unspecified atom stereocenters. The number of carboxylic acids is 1. The quantitative estimate of drug-likeness (QED) is 0.545. The van der Waals surface area contributed by atoms with Gasteiger partial charge in [-0.15, -0.1) is 0 Å². The molecule has 3 rings (SSSR count). The van der Waals surface area contributed by atoms with Crippen LogP contribution in [0.15, 0.2) is 29.2 Å². The molecule has 0 N–H and O–H groups in total. The normalized spacial score (nSPS) is 15.7. The predicted molar refractivity (Wildman–Crippen MR) is 85.4 cm³/mol. The van der Waals surface area contributed by atoms with Gasteiger partial charge in [-0.3, -0.25) is 14.6 Å². The molecule has 0 bridgehead atoms. The van der Waals surface area contributed by atoms with Crippen molar-refractivity contribution < 1.29 is 33.6 Å². The van der Waals surface area contributed by atoms with E-state index < -0.39 is 24.3 Å². The number of hydrogen-bond donors (Lipinski definition) is 0. The molecule has 1 atom stereocenters. The molecule has 2 aromatic rings. The first kappa shape index (κ1) is 19.0. The second-order valence-electron chi connectivity index (χ2n) is 5.88. The molecule has 1 aliphatic rings. The van der Waals surface area contributed by atoms with E-state index in [1.807, 2.05) is 0 Å². The first-order valence-corrected chi connectivity index (χ1v) is 7.50. The summed E-state index contributed by atoms with van der Waals surface area (Å²) in [6, 6.07) is 5.05. The average molecular weight is 333 g/mol. The third-order valence-corrected chi connectivity index (χ3v) is 4.29. The molecular weight excluding hydrogens is 317 g/mol. The molecule has 0 fully saturated rings. The van der Waals surface area contributed by atoms with Crippen molar-refractivity contribution in [2.75, 3.05) is 11.4 Å². The number of carbonyl (C=O) groups excluding carboxylic acids is 2. The molecule has 124 valence electrons. The number of hydrogen-bond acceptors (Lipinski definition) is 5. The van der Waals surface area contributed by atoms with Gasteiger partial charge in [0.15, 0.2) is 0 Å². The van der Waals surface area contributed by atoms with E-state index in [0.717, 1.165) is 4.90 Å². The minimum atomic E-state index is -1.37. The van der Waals surface area contributed by atoms with Crippen molar-refractivity contribution in [2.24, 2.45) is 7.05 Å². The molecule has 0 aromatic carbocycles. The first-order chi connectivity index (χ1) is 11.3. The molecule has 3 heterocycles. The van der Waals surface area contributed by atoms with Crippen LogP contribution >= 0.6 is 0 Å². The van der Waals surface area contributed by atoms with Gasteiger partial charge in [-0.25, -0.2) is 0 Å². The van der Waals surface area contributed by atoms with Crippen LogP contribution in [-0.2, 0) is 16.6 Å². The van der Waals surface area contributed by atoms with Crippen LogP contribution in [0.25, 0.3) is 11.3 Å². The van der Waals surface area contributed by atoms with Gasteiger partial charge >= 0.3 is 18.9 Å². The van der Waals surface area contributed by atoms with Gasteiger partial charge in [0, 0.05) is 24.4 Å². The zero-order valence-electron chi connectivity index (χ0n) is 14.6. The van der Waals surface area contributed by atoms with Crippen molar-refractivity contribution in [3.63, 3.8) is 0 Å². The number of aliphatic carboxylic acids is 1. The number of amides is 1. The summed E-state index contributed by atoms with van der Waals surface area (Å²) >= 11 is 0. The fourth-order valence-electron chi connectivity index (χ4n) is 3.12. The van der Waals surface area contributed by atoms with E-state index in [1.165, 1.54) is 4.57 Å². The molecule has 1 amide bonds. The molecule has 0 aliphatic carbocycles. The summed E-state index contributed by atoms with van der Waals surface area (Å²) in [6.45, 7) is 2.72. The smallest absolute Gasteiger partial charge is 0.548 e. The van der Waals surface area contributed by atoms with Crippen molar-refractivity contribution in [1.29, 1.82) is 0 Å². The summed E-state index contributed by atoms with van der Waals surface area (Å²) < 4.78 is 1.43. The SMILES string of the molecule is Cc1cc2c(n(C)c1=O)-c1cccnc1C(C)C(=O)N2CC(=O)[O-].[Li+]. The van der Waals surface area contributed by atoms with Crippen LogP contribution in [-0.4, -0.2) is 28.0 Å². The number of pyridine rings is 2. The number of carboxylic acid groups (broad SMARTS) is 1. The predicted octanol–water partition coefficient (Wildman–Crippen LogP) is -3.04. The number of anilines is 1. The molecule has 0 spiro atoms. The maximum absolute atomic E-state index is 12.8. The first-order valence-electron chi connectivity index (χ1n) is 7.50. The van der Waals surface area contributed by atoms with Crippen LogP contribution in [0, 0.1) is 6.92 Å². The molecule has 7 nitrogen and oxygen atoms in total. The zero-order valence-corrected chi connectivity index (χ0v) is 14.6. The Morgan fingerprint density at radius 1 is 1.36 bits per heavy atom. The van der Waals surface area contributed by atoms with Crippen LogP contribution in [0.3, 0.4) is 0 Å². The number of rotatable bonds is 2. The summed E-state index contributed by atoms with van der Waals surface area (Å²) in [5.74, 6) is -2.40. The van der Waals surface area contributed by atoms with E-state index in [4.69, 9.17) is 0 Å². The minimum Gasteiger partial charge on any atom is -0.548 e. The van der Waals surface area contributed by atoms with Crippen LogP contribution in [0.5, 0.6) is 0 Å². The number of aromatic nitrogens is 2. The monoisotopic (exact) mass is 333 g/mol. The maximum Gasteiger partial charge on any atom is 1.00 e. The van der Waals surface area contributed by atoms with Crippen molar-refractivity contribution in [1.82, 2.24) is 9.55 Å². The minimum absolute atomic E-state index is 0. The fourth-order valence-corrected chi connectivity index (χ4v) is 3.12. The molecule has 0 saturated carbocycles. The number of nitrogens with zero attached hydrogens (tertiary/aromatic N) is 3. The molecule has 2 aromatic heterocycles. The van der Waals surface area contributed by atoms with Crippen molar-refractivity contribution in [2.45, 2.75) is 19.8 Å². The summed E-state index contributed by atoms with van der Waals surface area (Å²) in [6.07, 6.45) is 1.57. The van der Waals surface area contributed by atoms with E-state index in [9.17, 15) is 19.5 Å². The van der Waals surface area contributed by atoms with Crippen LogP contribution in [0.1, 0.15) is 24.1 Å². The Hall–Kier alpha value is -2.36. The Morgan fingerprint density at radius 2 is 2.04 bits per heavy atom. The molecule has 25 heavy (non-hydrogen) atoms. The second-order valence-corrected chi connectivity index (χ2v) is 5.88.